The molecule has 0 bridgehead atoms. The number of nitrogens with zero attached hydrogens (tertiary/aromatic N) is 3. The van der Waals surface area contributed by atoms with Gasteiger partial charge in [0.1, 0.15) is 12.3 Å². The quantitative estimate of drug-likeness (QED) is 0.555. The van der Waals surface area contributed by atoms with Crippen LogP contribution in [0.3, 0.4) is 0 Å². The predicted octanol–water partition coefficient (Wildman–Crippen LogP) is 2.18. The highest BCUT2D eigenvalue weighted by Gasteiger charge is 2.02. The molecule has 0 fully saturated rings. The van der Waals surface area contributed by atoms with Crippen LogP contribution in [0.5, 0.6) is 5.19 Å². The normalized spacial score (nSPS) is 10.5. The number of para-hydroxylation sites is 1. The molecule has 0 amide bonds. The molecule has 0 spiro atoms. The van der Waals surface area contributed by atoms with Crippen LogP contribution in [0.1, 0.15) is 0 Å². The van der Waals surface area contributed by atoms with Gasteiger partial charge in [-0.15, -0.1) is 0 Å². The first-order chi connectivity index (χ1) is 6.90. The van der Waals surface area contributed by atoms with Gasteiger partial charge in [-0.1, -0.05) is 28.6 Å². The highest BCUT2D eigenvalue weighted by atomic mass is 32.1. The van der Waals surface area contributed by atoms with E-state index in [1.807, 2.05) is 24.3 Å². The van der Waals surface area contributed by atoms with Gasteiger partial charge in [-0.2, -0.15) is 5.26 Å². The van der Waals surface area contributed by atoms with Gasteiger partial charge >= 0.3 is 5.19 Å². The maximum atomic E-state index is 8.19. The summed E-state index contributed by atoms with van der Waals surface area (Å²) in [7, 11) is 0. The molecule has 5 heteroatoms. The number of thiazole rings is 1. The third kappa shape index (κ3) is 1.70. The fraction of sp³-hybridized carbons (Fsp3) is 0. The second-order valence-electron chi connectivity index (χ2n) is 2.40. The van der Waals surface area contributed by atoms with Gasteiger partial charge in [0.15, 0.2) is 0 Å². The minimum absolute atomic E-state index is 0.442. The Hall–Kier alpha value is -1.93. The van der Waals surface area contributed by atoms with E-state index in [0.29, 0.717) is 5.19 Å². The van der Waals surface area contributed by atoms with Gasteiger partial charge in [-0.05, 0) is 12.1 Å². The molecule has 68 valence electrons. The van der Waals surface area contributed by atoms with Crippen molar-refractivity contribution >= 4 is 27.8 Å². The number of rotatable bonds is 2. The molecule has 1 heterocycles. The number of fused-ring (bicyclic) bond motifs is 1. The maximum absolute atomic E-state index is 8.19. The smallest absolute Gasteiger partial charge is 0.306 e. The van der Waals surface area contributed by atoms with Crippen LogP contribution in [-0.4, -0.2) is 11.2 Å². The Morgan fingerprint density at radius 1 is 1.50 bits per heavy atom. The molecule has 2 rings (SSSR count). The summed E-state index contributed by atoms with van der Waals surface area (Å²) in [5, 5.41) is 12.0. The van der Waals surface area contributed by atoms with E-state index in [2.05, 4.69) is 10.1 Å². The number of hydrogen-bond donors (Lipinski definition) is 0. The van der Waals surface area contributed by atoms with E-state index in [9.17, 15) is 0 Å². The SMILES string of the molecule is N#C/C=N/Oc1nc2ccccc2s1. The van der Waals surface area contributed by atoms with Crippen molar-refractivity contribution in [1.82, 2.24) is 4.98 Å². The molecule has 0 N–H and O–H groups in total. The van der Waals surface area contributed by atoms with Crippen LogP contribution in [0.25, 0.3) is 10.2 Å². The first-order valence-electron chi connectivity index (χ1n) is 3.84. The van der Waals surface area contributed by atoms with Crippen molar-refractivity contribution in [3.8, 4) is 11.3 Å². The number of benzene rings is 1. The molecule has 0 atom stereocenters. The van der Waals surface area contributed by atoms with Crippen molar-refractivity contribution in [3.63, 3.8) is 0 Å². The van der Waals surface area contributed by atoms with Crippen molar-refractivity contribution in [1.29, 1.82) is 5.26 Å². The standard InChI is InChI=1S/C9H5N3OS/c10-5-6-11-13-9-12-7-3-1-2-4-8(7)14-9/h1-4,6H/b11-6+. The largest absolute Gasteiger partial charge is 0.324 e. The number of hydrogen-bond acceptors (Lipinski definition) is 5. The zero-order chi connectivity index (χ0) is 9.80. The fourth-order valence-electron chi connectivity index (χ4n) is 0.985. The minimum atomic E-state index is 0.442. The Morgan fingerprint density at radius 3 is 3.14 bits per heavy atom. The highest BCUT2D eigenvalue weighted by Crippen LogP contribution is 2.27. The van der Waals surface area contributed by atoms with Gasteiger partial charge in [0.2, 0.25) is 0 Å². The minimum Gasteiger partial charge on any atom is -0.324 e. The molecule has 0 aliphatic rings. The van der Waals surface area contributed by atoms with Crippen LogP contribution in [0.15, 0.2) is 29.4 Å². The molecule has 0 radical (unpaired) electrons. The van der Waals surface area contributed by atoms with Gasteiger partial charge in [0, 0.05) is 0 Å². The van der Waals surface area contributed by atoms with Gasteiger partial charge < -0.3 is 4.84 Å². The first-order valence-corrected chi connectivity index (χ1v) is 4.66. The van der Waals surface area contributed by atoms with Gasteiger partial charge in [-0.3, -0.25) is 0 Å². The van der Waals surface area contributed by atoms with E-state index >= 15 is 0 Å². The molecule has 0 saturated heterocycles. The van der Waals surface area contributed by atoms with Crippen LogP contribution < -0.4 is 4.84 Å². The maximum Gasteiger partial charge on any atom is 0.306 e. The van der Waals surface area contributed by atoms with Crippen LogP contribution in [-0.2, 0) is 0 Å². The van der Waals surface area contributed by atoms with Crippen LogP contribution in [0.2, 0.25) is 0 Å². The molecular formula is C9H5N3OS. The molecular weight excluding hydrogens is 198 g/mol. The topological polar surface area (TPSA) is 58.3 Å². The second-order valence-corrected chi connectivity index (χ2v) is 3.40. The number of aromatic nitrogens is 1. The summed E-state index contributed by atoms with van der Waals surface area (Å²) < 4.78 is 1.04. The van der Waals surface area contributed by atoms with Gasteiger partial charge in [0.05, 0.1) is 10.2 Å². The van der Waals surface area contributed by atoms with Gasteiger partial charge in [0.25, 0.3) is 0 Å². The molecule has 0 aliphatic carbocycles. The Morgan fingerprint density at radius 2 is 2.36 bits per heavy atom. The van der Waals surface area contributed by atoms with E-state index in [1.165, 1.54) is 11.3 Å². The Labute approximate surface area is 84.1 Å². The number of oxime groups is 1. The third-order valence-corrected chi connectivity index (χ3v) is 2.42. The summed E-state index contributed by atoms with van der Waals surface area (Å²) in [6.07, 6.45) is 1.02. The molecule has 14 heavy (non-hydrogen) atoms. The van der Waals surface area contributed by atoms with E-state index in [-0.39, 0.29) is 0 Å². The molecule has 0 saturated carbocycles. The van der Waals surface area contributed by atoms with Crippen LogP contribution >= 0.6 is 11.3 Å². The molecule has 0 unspecified atom stereocenters. The summed E-state index contributed by atoms with van der Waals surface area (Å²) >= 11 is 1.39. The fourth-order valence-corrected chi connectivity index (χ4v) is 1.76. The average Bonchev–Trinajstić information content (AvgIpc) is 2.60. The van der Waals surface area contributed by atoms with Crippen LogP contribution in [0.4, 0.5) is 0 Å². The molecule has 0 aliphatic heterocycles. The molecule has 1 aromatic heterocycles. The van der Waals surface area contributed by atoms with Gasteiger partial charge in [-0.25, -0.2) is 4.98 Å². The van der Waals surface area contributed by atoms with Crippen molar-refractivity contribution in [2.45, 2.75) is 0 Å². The van der Waals surface area contributed by atoms with E-state index < -0.39 is 0 Å². The Bertz CT molecular complexity index is 479. The summed E-state index contributed by atoms with van der Waals surface area (Å²) in [5.74, 6) is 0. The average molecular weight is 203 g/mol. The molecule has 1 aromatic carbocycles. The van der Waals surface area contributed by atoms with E-state index in [0.717, 1.165) is 16.4 Å². The lowest BCUT2D eigenvalue weighted by molar-refractivity contribution is 0.343. The molecule has 2 aromatic rings. The van der Waals surface area contributed by atoms with Crippen molar-refractivity contribution < 1.29 is 4.84 Å². The summed E-state index contributed by atoms with van der Waals surface area (Å²) in [5.41, 5.74) is 0.875. The third-order valence-electron chi connectivity index (χ3n) is 1.52. The van der Waals surface area contributed by atoms with Crippen molar-refractivity contribution in [2.75, 3.05) is 0 Å². The monoisotopic (exact) mass is 203 g/mol. The Kier molecular flexibility index (Phi) is 2.38. The molecule has 4 nitrogen and oxygen atoms in total. The summed E-state index contributed by atoms with van der Waals surface area (Å²) in [6.45, 7) is 0. The highest BCUT2D eigenvalue weighted by molar-refractivity contribution is 7.20. The second kappa shape index (κ2) is 3.85. The van der Waals surface area contributed by atoms with Crippen molar-refractivity contribution in [3.05, 3.63) is 24.3 Å². The number of nitriles is 1. The van der Waals surface area contributed by atoms with Crippen LogP contribution in [0, 0.1) is 11.3 Å². The summed E-state index contributed by atoms with van der Waals surface area (Å²) in [4.78, 5) is 9.04. The lowest BCUT2D eigenvalue weighted by atomic mass is 10.3. The lowest BCUT2D eigenvalue weighted by Gasteiger charge is -1.85. The lowest BCUT2D eigenvalue weighted by Crippen LogP contribution is -1.80. The predicted molar refractivity (Wildman–Crippen MR) is 54.4 cm³/mol. The van der Waals surface area contributed by atoms with Crippen molar-refractivity contribution in [2.24, 2.45) is 5.16 Å². The summed E-state index contributed by atoms with van der Waals surface area (Å²) in [6, 6.07) is 9.42. The van der Waals surface area contributed by atoms with E-state index in [4.69, 9.17) is 10.1 Å². The Balaban J connectivity index is 2.28. The zero-order valence-corrected chi connectivity index (χ0v) is 7.86. The zero-order valence-electron chi connectivity index (χ0n) is 7.04. The first kappa shape index (κ1) is 8.66. The van der Waals surface area contributed by atoms with E-state index in [1.54, 1.807) is 6.07 Å².